The van der Waals surface area contributed by atoms with Crippen LogP contribution < -0.4 is 4.90 Å². The molecule has 4 aromatic rings. The maximum atomic E-state index is 12.6. The third-order valence-corrected chi connectivity index (χ3v) is 5.71. The first-order valence-corrected chi connectivity index (χ1v) is 11.5. The van der Waals surface area contributed by atoms with Gasteiger partial charge in [0.15, 0.2) is 5.88 Å². The average Bonchev–Trinajstić information content (AvgIpc) is 3.19. The Morgan fingerprint density at radius 1 is 0.943 bits per heavy atom. The summed E-state index contributed by atoms with van der Waals surface area (Å²) in [5.41, 5.74) is 4.53. The third-order valence-electron chi connectivity index (χ3n) is 5.71. The largest absolute Gasteiger partial charge is 0.494 e. The zero-order valence-electron chi connectivity index (χ0n) is 20.2. The number of rotatable bonds is 9. The van der Waals surface area contributed by atoms with Crippen LogP contribution in [0.5, 0.6) is 5.88 Å². The summed E-state index contributed by atoms with van der Waals surface area (Å²) in [5.74, 6) is -0.0234. The van der Waals surface area contributed by atoms with E-state index in [2.05, 4.69) is 4.98 Å². The number of amides is 1. The van der Waals surface area contributed by atoms with Gasteiger partial charge in [-0.05, 0) is 44.4 Å². The first kappa shape index (κ1) is 24.2. The highest BCUT2D eigenvalue weighted by atomic mass is 16.5. The van der Waals surface area contributed by atoms with Crippen molar-refractivity contribution in [3.8, 4) is 5.88 Å². The fourth-order valence-electron chi connectivity index (χ4n) is 3.96. The smallest absolute Gasteiger partial charge is 0.252 e. The first-order chi connectivity index (χ1) is 17.0. The Hall–Kier alpha value is -3.94. The maximum absolute atomic E-state index is 12.6. The van der Waals surface area contributed by atoms with E-state index in [1.54, 1.807) is 4.90 Å². The molecule has 1 aromatic heterocycles. The number of aromatic nitrogens is 1. The van der Waals surface area contributed by atoms with Gasteiger partial charge in [-0.2, -0.15) is 0 Å². The molecule has 0 atom stereocenters. The number of aliphatic imine (C=N–C) groups is 1. The number of likely N-dealkylation sites (N-methyl/N-ethyl adjacent to an activating group) is 1. The van der Waals surface area contributed by atoms with Crippen LogP contribution >= 0.6 is 0 Å². The molecule has 0 fully saturated rings. The summed E-state index contributed by atoms with van der Waals surface area (Å²) < 4.78 is 5.07. The molecule has 7 nitrogen and oxygen atoms in total. The molecule has 7 heteroatoms. The van der Waals surface area contributed by atoms with E-state index in [4.69, 9.17) is 9.73 Å². The second-order valence-corrected chi connectivity index (χ2v) is 8.52. The van der Waals surface area contributed by atoms with Gasteiger partial charge < -0.3 is 24.6 Å². The SMILES string of the molecule is COCC(=O)N(CCN(C)C)c1ccc(N=C(c2ccccc2)c2c(O)[nH]c3ccccc23)cc1. The van der Waals surface area contributed by atoms with E-state index in [9.17, 15) is 9.90 Å². The molecule has 1 heterocycles. The molecule has 0 aliphatic carbocycles. The number of aromatic hydroxyl groups is 1. The summed E-state index contributed by atoms with van der Waals surface area (Å²) >= 11 is 0. The van der Waals surface area contributed by atoms with Crippen molar-refractivity contribution in [2.75, 3.05) is 45.8 Å². The van der Waals surface area contributed by atoms with E-state index in [1.165, 1.54) is 7.11 Å². The zero-order valence-corrected chi connectivity index (χ0v) is 20.2. The molecule has 180 valence electrons. The topological polar surface area (TPSA) is 81.2 Å². The van der Waals surface area contributed by atoms with E-state index in [-0.39, 0.29) is 18.4 Å². The number of ether oxygens (including phenoxy) is 1. The minimum absolute atomic E-state index is 0.0192. The number of anilines is 1. The molecule has 0 aliphatic rings. The van der Waals surface area contributed by atoms with Crippen molar-refractivity contribution in [3.05, 3.63) is 90.0 Å². The lowest BCUT2D eigenvalue weighted by atomic mass is 10.0. The lowest BCUT2D eigenvalue weighted by Crippen LogP contribution is -2.38. The Morgan fingerprint density at radius 2 is 1.63 bits per heavy atom. The van der Waals surface area contributed by atoms with Crippen molar-refractivity contribution in [2.24, 2.45) is 4.99 Å². The molecule has 0 spiro atoms. The molecule has 35 heavy (non-hydrogen) atoms. The van der Waals surface area contributed by atoms with Crippen LogP contribution in [0.15, 0.2) is 83.9 Å². The van der Waals surface area contributed by atoms with Gasteiger partial charge in [0.05, 0.1) is 17.0 Å². The number of aromatic amines is 1. The van der Waals surface area contributed by atoms with Crippen LogP contribution in [0.4, 0.5) is 11.4 Å². The second-order valence-electron chi connectivity index (χ2n) is 8.52. The normalized spacial score (nSPS) is 11.8. The maximum Gasteiger partial charge on any atom is 0.252 e. The summed E-state index contributed by atoms with van der Waals surface area (Å²) in [4.78, 5) is 24.4. The van der Waals surface area contributed by atoms with E-state index >= 15 is 0 Å². The van der Waals surface area contributed by atoms with Gasteiger partial charge in [-0.25, -0.2) is 4.99 Å². The van der Waals surface area contributed by atoms with Gasteiger partial charge in [0.2, 0.25) is 0 Å². The van der Waals surface area contributed by atoms with Gasteiger partial charge in [0.1, 0.15) is 6.61 Å². The van der Waals surface area contributed by atoms with Crippen LogP contribution in [0.1, 0.15) is 11.1 Å². The quantitative estimate of drug-likeness (QED) is 0.351. The molecule has 0 bridgehead atoms. The van der Waals surface area contributed by atoms with Crippen molar-refractivity contribution in [1.82, 2.24) is 9.88 Å². The Bertz CT molecular complexity index is 1310. The molecule has 0 unspecified atom stereocenters. The Morgan fingerprint density at radius 3 is 2.31 bits per heavy atom. The van der Waals surface area contributed by atoms with E-state index in [0.717, 1.165) is 28.7 Å². The van der Waals surface area contributed by atoms with E-state index in [0.29, 0.717) is 23.5 Å². The van der Waals surface area contributed by atoms with Crippen LogP contribution in [0.3, 0.4) is 0 Å². The number of benzene rings is 3. The number of nitrogens with one attached hydrogen (secondary N) is 1. The number of hydrogen-bond acceptors (Lipinski definition) is 5. The molecular formula is C28H30N4O3. The van der Waals surface area contributed by atoms with Crippen LogP contribution in [-0.2, 0) is 9.53 Å². The molecule has 2 N–H and O–H groups in total. The molecule has 3 aromatic carbocycles. The first-order valence-electron chi connectivity index (χ1n) is 11.5. The number of hydrogen-bond donors (Lipinski definition) is 2. The summed E-state index contributed by atoms with van der Waals surface area (Å²) in [5, 5.41) is 11.7. The predicted molar refractivity (Wildman–Crippen MR) is 141 cm³/mol. The van der Waals surface area contributed by atoms with Crippen LogP contribution in [0.25, 0.3) is 10.9 Å². The number of nitrogens with zero attached hydrogens (tertiary/aromatic N) is 3. The van der Waals surface area contributed by atoms with Crippen LogP contribution in [0.2, 0.25) is 0 Å². The van der Waals surface area contributed by atoms with Crippen molar-refractivity contribution >= 4 is 33.9 Å². The number of H-pyrrole nitrogens is 1. The minimum Gasteiger partial charge on any atom is -0.494 e. The van der Waals surface area contributed by atoms with Crippen LogP contribution in [0, 0.1) is 0 Å². The minimum atomic E-state index is -0.0979. The van der Waals surface area contributed by atoms with Gasteiger partial charge in [-0.3, -0.25) is 4.79 Å². The van der Waals surface area contributed by atoms with Crippen molar-refractivity contribution in [2.45, 2.75) is 0 Å². The number of fused-ring (bicyclic) bond motifs is 1. The molecular weight excluding hydrogens is 440 g/mol. The molecule has 0 saturated carbocycles. The van der Waals surface area contributed by atoms with Crippen molar-refractivity contribution in [1.29, 1.82) is 0 Å². The zero-order chi connectivity index (χ0) is 24.8. The van der Waals surface area contributed by atoms with Gasteiger partial charge in [0, 0.05) is 42.4 Å². The third kappa shape index (κ3) is 5.59. The lowest BCUT2D eigenvalue weighted by molar-refractivity contribution is -0.122. The average molecular weight is 471 g/mol. The Balaban J connectivity index is 1.74. The van der Waals surface area contributed by atoms with Crippen molar-refractivity contribution in [3.63, 3.8) is 0 Å². The lowest BCUT2D eigenvalue weighted by Gasteiger charge is -2.24. The summed E-state index contributed by atoms with van der Waals surface area (Å²) in [6.07, 6.45) is 0. The number of carbonyl (C=O) groups is 1. The summed E-state index contributed by atoms with van der Waals surface area (Å²) in [6, 6.07) is 25.1. The monoisotopic (exact) mass is 470 g/mol. The Kier molecular flexibility index (Phi) is 7.60. The fraction of sp³-hybridized carbons (Fsp3) is 0.214. The predicted octanol–water partition coefficient (Wildman–Crippen LogP) is 4.58. The van der Waals surface area contributed by atoms with Gasteiger partial charge in [-0.1, -0.05) is 48.5 Å². The number of carbonyl (C=O) groups excluding carboxylic acids is 1. The molecule has 0 radical (unpaired) electrons. The van der Waals surface area contributed by atoms with Gasteiger partial charge in [0.25, 0.3) is 5.91 Å². The van der Waals surface area contributed by atoms with Gasteiger partial charge in [-0.15, -0.1) is 0 Å². The second kappa shape index (κ2) is 11.0. The number of methoxy groups -OCH3 is 1. The van der Waals surface area contributed by atoms with Crippen molar-refractivity contribution < 1.29 is 14.6 Å². The molecule has 0 aliphatic heterocycles. The highest BCUT2D eigenvalue weighted by Gasteiger charge is 2.19. The van der Waals surface area contributed by atoms with E-state index in [1.807, 2.05) is 97.9 Å². The molecule has 4 rings (SSSR count). The summed E-state index contributed by atoms with van der Waals surface area (Å²) in [7, 11) is 5.47. The standard InChI is InChI=1S/C28H30N4O3/c1-31(2)17-18-32(25(33)19-35-3)22-15-13-21(14-16-22)29-27(20-9-5-4-6-10-20)26-23-11-7-8-12-24(23)30-28(26)34/h4-16,30,34H,17-19H2,1-3H3. The molecule has 1 amide bonds. The fourth-order valence-corrected chi connectivity index (χ4v) is 3.96. The van der Waals surface area contributed by atoms with Gasteiger partial charge >= 0.3 is 0 Å². The Labute approximate surface area is 205 Å². The summed E-state index contributed by atoms with van der Waals surface area (Å²) in [6.45, 7) is 1.30. The molecule has 0 saturated heterocycles. The van der Waals surface area contributed by atoms with Crippen LogP contribution in [-0.4, -0.2) is 67.5 Å². The highest BCUT2D eigenvalue weighted by molar-refractivity contribution is 6.21. The highest BCUT2D eigenvalue weighted by Crippen LogP contribution is 2.31. The van der Waals surface area contributed by atoms with E-state index < -0.39 is 0 Å². The number of para-hydroxylation sites is 1.